The van der Waals surface area contributed by atoms with Gasteiger partial charge < -0.3 is 4.90 Å². The second kappa shape index (κ2) is 5.49. The number of nitrogens with zero attached hydrogens (tertiary/aromatic N) is 1. The van der Waals surface area contributed by atoms with Crippen molar-refractivity contribution in [1.82, 2.24) is 4.90 Å². The highest BCUT2D eigenvalue weighted by Gasteiger charge is 2.24. The number of benzene rings is 1. The predicted octanol–water partition coefficient (Wildman–Crippen LogP) is 1.35. The summed E-state index contributed by atoms with van der Waals surface area (Å²) in [4.78, 5) is 13.2. The van der Waals surface area contributed by atoms with Crippen molar-refractivity contribution >= 4 is 15.9 Å². The second-order valence-electron chi connectivity index (χ2n) is 5.17. The largest absolute Gasteiger partial charge is 0.341 e. The van der Waals surface area contributed by atoms with Crippen LogP contribution >= 0.6 is 0 Å². The van der Waals surface area contributed by atoms with Crippen molar-refractivity contribution < 1.29 is 17.6 Å². The van der Waals surface area contributed by atoms with Gasteiger partial charge >= 0.3 is 0 Å². The van der Waals surface area contributed by atoms with Crippen molar-refractivity contribution in [2.45, 2.75) is 24.2 Å². The zero-order valence-corrected chi connectivity index (χ0v) is 12.0. The van der Waals surface area contributed by atoms with E-state index in [1.54, 1.807) is 7.05 Å². The first-order chi connectivity index (χ1) is 9.29. The molecule has 0 radical (unpaired) electrons. The maximum atomic E-state index is 13.9. The summed E-state index contributed by atoms with van der Waals surface area (Å²) in [6.45, 7) is 0.592. The van der Waals surface area contributed by atoms with E-state index in [0.29, 0.717) is 12.5 Å². The number of hydrogen-bond donors (Lipinski definition) is 1. The minimum absolute atomic E-state index is 0.140. The van der Waals surface area contributed by atoms with Crippen LogP contribution in [0.1, 0.15) is 29.6 Å². The number of carbonyl (C=O) groups is 1. The number of carbonyl (C=O) groups excluding carboxylic acids is 1. The van der Waals surface area contributed by atoms with Crippen LogP contribution in [0.2, 0.25) is 0 Å². The average Bonchev–Trinajstić information content (AvgIpc) is 2.31. The van der Waals surface area contributed by atoms with Gasteiger partial charge in [0, 0.05) is 13.6 Å². The fourth-order valence-electron chi connectivity index (χ4n) is 2.20. The van der Waals surface area contributed by atoms with Crippen LogP contribution < -0.4 is 5.14 Å². The number of rotatable bonds is 4. The molecule has 20 heavy (non-hydrogen) atoms. The van der Waals surface area contributed by atoms with Crippen LogP contribution in [0.4, 0.5) is 4.39 Å². The molecule has 0 aliphatic heterocycles. The van der Waals surface area contributed by atoms with Crippen LogP contribution in [0.3, 0.4) is 0 Å². The van der Waals surface area contributed by atoms with Crippen LogP contribution in [0.25, 0.3) is 0 Å². The highest BCUT2D eigenvalue weighted by atomic mass is 32.2. The lowest BCUT2D eigenvalue weighted by atomic mass is 9.85. The molecule has 0 saturated heterocycles. The van der Waals surface area contributed by atoms with Crippen LogP contribution in [0, 0.1) is 11.7 Å². The fraction of sp³-hybridized carbons (Fsp3) is 0.462. The Morgan fingerprint density at radius 2 is 2.10 bits per heavy atom. The zero-order chi connectivity index (χ0) is 14.9. The number of sulfonamides is 1. The molecule has 0 bridgehead atoms. The van der Waals surface area contributed by atoms with Gasteiger partial charge in [-0.05, 0) is 37.0 Å². The van der Waals surface area contributed by atoms with Crippen LogP contribution in [-0.4, -0.2) is 32.8 Å². The molecule has 1 fully saturated rings. The highest BCUT2D eigenvalue weighted by Crippen LogP contribution is 2.27. The molecule has 7 heteroatoms. The van der Waals surface area contributed by atoms with E-state index in [0.717, 1.165) is 31.0 Å². The molecule has 2 rings (SSSR count). The molecule has 2 N–H and O–H groups in total. The molecular weight excluding hydrogens is 283 g/mol. The summed E-state index contributed by atoms with van der Waals surface area (Å²) in [6, 6.07) is 3.08. The van der Waals surface area contributed by atoms with E-state index in [1.807, 2.05) is 0 Å². The van der Waals surface area contributed by atoms with Gasteiger partial charge in [-0.15, -0.1) is 0 Å². The van der Waals surface area contributed by atoms with Gasteiger partial charge in [0.25, 0.3) is 5.91 Å². The Kier molecular flexibility index (Phi) is 4.10. The molecular formula is C13H17FN2O3S. The zero-order valence-electron chi connectivity index (χ0n) is 11.2. The van der Waals surface area contributed by atoms with E-state index in [-0.39, 0.29) is 10.5 Å². The van der Waals surface area contributed by atoms with E-state index >= 15 is 0 Å². The van der Waals surface area contributed by atoms with Crippen molar-refractivity contribution in [2.75, 3.05) is 13.6 Å². The van der Waals surface area contributed by atoms with E-state index in [9.17, 15) is 17.6 Å². The van der Waals surface area contributed by atoms with Gasteiger partial charge in [0.2, 0.25) is 10.0 Å². The van der Waals surface area contributed by atoms with E-state index in [2.05, 4.69) is 0 Å². The highest BCUT2D eigenvalue weighted by molar-refractivity contribution is 7.89. The minimum Gasteiger partial charge on any atom is -0.341 e. The molecule has 1 aromatic rings. The van der Waals surface area contributed by atoms with E-state index in [1.165, 1.54) is 11.3 Å². The molecule has 0 heterocycles. The molecule has 110 valence electrons. The van der Waals surface area contributed by atoms with Crippen molar-refractivity contribution in [3.63, 3.8) is 0 Å². The third-order valence-electron chi connectivity index (χ3n) is 3.60. The van der Waals surface area contributed by atoms with Crippen molar-refractivity contribution in [1.29, 1.82) is 0 Å². The van der Waals surface area contributed by atoms with Gasteiger partial charge in [-0.3, -0.25) is 4.79 Å². The third-order valence-corrected chi connectivity index (χ3v) is 4.51. The molecule has 1 aliphatic rings. The first-order valence-electron chi connectivity index (χ1n) is 6.37. The van der Waals surface area contributed by atoms with Gasteiger partial charge in [0.15, 0.2) is 0 Å². The summed E-state index contributed by atoms with van der Waals surface area (Å²) in [6.07, 6.45) is 3.35. The van der Waals surface area contributed by atoms with Crippen LogP contribution in [-0.2, 0) is 10.0 Å². The Hall–Kier alpha value is -1.47. The fourth-order valence-corrected chi connectivity index (χ4v) is 2.72. The smallest absolute Gasteiger partial charge is 0.256 e. The Balaban J connectivity index is 2.17. The van der Waals surface area contributed by atoms with Gasteiger partial charge in [0.1, 0.15) is 5.82 Å². The van der Waals surface area contributed by atoms with E-state index < -0.39 is 21.7 Å². The topological polar surface area (TPSA) is 80.5 Å². The van der Waals surface area contributed by atoms with Gasteiger partial charge in [-0.25, -0.2) is 17.9 Å². The molecule has 0 unspecified atom stereocenters. The average molecular weight is 300 g/mol. The maximum absolute atomic E-state index is 13.9. The molecule has 0 atom stereocenters. The first kappa shape index (κ1) is 14.9. The van der Waals surface area contributed by atoms with Crippen LogP contribution in [0.15, 0.2) is 23.1 Å². The summed E-state index contributed by atoms with van der Waals surface area (Å²) in [5, 5.41) is 4.91. The SMILES string of the molecule is CN(CC1CCC1)C(=O)c1ccc(S(N)(=O)=O)cc1F. The molecule has 1 saturated carbocycles. The summed E-state index contributed by atoms with van der Waals surface area (Å²) < 4.78 is 36.1. The third kappa shape index (κ3) is 3.16. The Labute approximate surface area is 117 Å². The Morgan fingerprint density at radius 3 is 2.55 bits per heavy atom. The van der Waals surface area contributed by atoms with Gasteiger partial charge in [-0.1, -0.05) is 6.42 Å². The summed E-state index contributed by atoms with van der Waals surface area (Å²) in [7, 11) is -2.35. The van der Waals surface area contributed by atoms with Gasteiger partial charge in [0.05, 0.1) is 10.5 Å². The number of nitrogens with two attached hydrogens (primary N) is 1. The molecule has 0 aromatic heterocycles. The Bertz CT molecular complexity index is 627. The maximum Gasteiger partial charge on any atom is 0.256 e. The molecule has 0 spiro atoms. The molecule has 5 nitrogen and oxygen atoms in total. The van der Waals surface area contributed by atoms with Crippen molar-refractivity contribution in [3.8, 4) is 0 Å². The predicted molar refractivity (Wildman–Crippen MR) is 72.1 cm³/mol. The number of halogens is 1. The number of primary sulfonamides is 1. The second-order valence-corrected chi connectivity index (χ2v) is 6.73. The molecule has 1 aromatic carbocycles. The van der Waals surface area contributed by atoms with Crippen molar-refractivity contribution in [2.24, 2.45) is 11.1 Å². The molecule has 1 amide bonds. The quantitative estimate of drug-likeness (QED) is 0.911. The monoisotopic (exact) mass is 300 g/mol. The minimum atomic E-state index is -3.97. The lowest BCUT2D eigenvalue weighted by molar-refractivity contribution is 0.0740. The summed E-state index contributed by atoms with van der Waals surface area (Å²) in [5.74, 6) is -0.840. The van der Waals surface area contributed by atoms with Crippen LogP contribution in [0.5, 0.6) is 0 Å². The standard InChI is InChI=1S/C13H17FN2O3S/c1-16(8-9-3-2-4-9)13(17)11-6-5-10(7-12(11)14)20(15,18)19/h5-7,9H,2-4,8H2,1H3,(H2,15,18,19). The number of amides is 1. The lowest BCUT2D eigenvalue weighted by Crippen LogP contribution is -2.34. The number of hydrogen-bond acceptors (Lipinski definition) is 3. The van der Waals surface area contributed by atoms with Gasteiger partial charge in [-0.2, -0.15) is 0 Å². The van der Waals surface area contributed by atoms with E-state index in [4.69, 9.17) is 5.14 Å². The lowest BCUT2D eigenvalue weighted by Gasteiger charge is -2.30. The molecule has 1 aliphatic carbocycles. The Morgan fingerprint density at radius 1 is 1.45 bits per heavy atom. The first-order valence-corrected chi connectivity index (χ1v) is 7.91. The normalized spacial score (nSPS) is 15.8. The summed E-state index contributed by atoms with van der Waals surface area (Å²) >= 11 is 0. The summed E-state index contributed by atoms with van der Waals surface area (Å²) in [5.41, 5.74) is -0.140. The van der Waals surface area contributed by atoms with Crippen molar-refractivity contribution in [3.05, 3.63) is 29.6 Å².